The zero-order chi connectivity index (χ0) is 20.3. The van der Waals surface area contributed by atoms with Crippen LogP contribution in [0.4, 0.5) is 0 Å². The highest BCUT2D eigenvalue weighted by Gasteiger charge is 2.21. The molecular formula is C21H27ClN2O3S. The fourth-order valence-corrected chi connectivity index (χ4v) is 4.37. The van der Waals surface area contributed by atoms with Gasteiger partial charge in [0.15, 0.2) is 4.80 Å². The number of aromatic nitrogens is 1. The van der Waals surface area contributed by atoms with E-state index >= 15 is 0 Å². The lowest BCUT2D eigenvalue weighted by molar-refractivity contribution is 0.0609. The standard InChI is InChI=1S/C21H27ClN2O3S/c1-21(2,3)18-13-24(12-14-7-9-27-10-8-14)20(28-18)23-19(25)16-11-15(22)5-6-17(16)26-4/h5-6,11,13-14H,7-10,12H2,1-4H3/b23-20-. The third-order valence-electron chi connectivity index (χ3n) is 4.84. The average molecular weight is 423 g/mol. The Kier molecular flexibility index (Phi) is 6.63. The highest BCUT2D eigenvalue weighted by Crippen LogP contribution is 2.26. The van der Waals surface area contributed by atoms with Crippen LogP contribution in [-0.4, -0.2) is 30.8 Å². The molecule has 0 saturated carbocycles. The molecule has 7 heteroatoms. The summed E-state index contributed by atoms with van der Waals surface area (Å²) in [7, 11) is 1.54. The smallest absolute Gasteiger partial charge is 0.283 e. The van der Waals surface area contributed by atoms with E-state index in [-0.39, 0.29) is 11.3 Å². The number of benzene rings is 1. The molecule has 28 heavy (non-hydrogen) atoms. The second-order valence-corrected chi connectivity index (χ2v) is 9.54. The molecule has 0 aliphatic carbocycles. The van der Waals surface area contributed by atoms with Crippen LogP contribution in [0.25, 0.3) is 0 Å². The van der Waals surface area contributed by atoms with E-state index in [0.717, 1.165) is 32.6 Å². The lowest BCUT2D eigenvalue weighted by Gasteiger charge is -2.22. The van der Waals surface area contributed by atoms with Gasteiger partial charge in [0.05, 0.1) is 12.7 Å². The number of methoxy groups -OCH3 is 1. The first kappa shape index (κ1) is 21.1. The number of rotatable bonds is 4. The van der Waals surface area contributed by atoms with Crippen LogP contribution in [0, 0.1) is 5.92 Å². The molecule has 0 atom stereocenters. The number of halogens is 1. The van der Waals surface area contributed by atoms with Gasteiger partial charge in [-0.25, -0.2) is 0 Å². The third-order valence-corrected chi connectivity index (χ3v) is 6.53. The molecule has 1 amide bonds. The normalized spacial score (nSPS) is 16.4. The van der Waals surface area contributed by atoms with E-state index in [4.69, 9.17) is 21.1 Å². The second kappa shape index (κ2) is 8.80. The molecule has 5 nitrogen and oxygen atoms in total. The first-order valence-electron chi connectivity index (χ1n) is 9.49. The average Bonchev–Trinajstić information content (AvgIpc) is 3.05. The van der Waals surface area contributed by atoms with Crippen LogP contribution in [0.15, 0.2) is 29.4 Å². The molecule has 0 N–H and O–H groups in total. The van der Waals surface area contributed by atoms with Gasteiger partial charge in [-0.15, -0.1) is 11.3 Å². The largest absolute Gasteiger partial charge is 0.496 e. The summed E-state index contributed by atoms with van der Waals surface area (Å²) >= 11 is 7.65. The number of carbonyl (C=O) groups is 1. The first-order chi connectivity index (χ1) is 13.3. The van der Waals surface area contributed by atoms with Crippen LogP contribution in [0.2, 0.25) is 5.02 Å². The fraction of sp³-hybridized carbons (Fsp3) is 0.524. The maximum absolute atomic E-state index is 12.9. The second-order valence-electron chi connectivity index (χ2n) is 8.10. The summed E-state index contributed by atoms with van der Waals surface area (Å²) in [6.45, 7) is 8.95. The number of hydrogen-bond donors (Lipinski definition) is 0. The quantitative estimate of drug-likeness (QED) is 0.718. The highest BCUT2D eigenvalue weighted by atomic mass is 35.5. The number of ether oxygens (including phenoxy) is 2. The van der Waals surface area contributed by atoms with Crippen LogP contribution >= 0.6 is 22.9 Å². The fourth-order valence-electron chi connectivity index (χ4n) is 3.15. The number of nitrogens with zero attached hydrogens (tertiary/aromatic N) is 2. The van der Waals surface area contributed by atoms with Gasteiger partial charge in [-0.2, -0.15) is 4.99 Å². The number of hydrogen-bond acceptors (Lipinski definition) is 4. The number of carbonyl (C=O) groups excluding carboxylic acids is 1. The van der Waals surface area contributed by atoms with Crippen molar-refractivity contribution in [2.75, 3.05) is 20.3 Å². The Morgan fingerprint density at radius 1 is 1.36 bits per heavy atom. The van der Waals surface area contributed by atoms with E-state index in [2.05, 4.69) is 36.5 Å². The Labute approximate surface area is 175 Å². The van der Waals surface area contributed by atoms with E-state index in [1.165, 1.54) is 12.0 Å². The lowest BCUT2D eigenvalue weighted by Crippen LogP contribution is -2.25. The summed E-state index contributed by atoms with van der Waals surface area (Å²) < 4.78 is 12.9. The van der Waals surface area contributed by atoms with E-state index in [9.17, 15) is 4.79 Å². The van der Waals surface area contributed by atoms with Gasteiger partial charge in [0.2, 0.25) is 0 Å². The summed E-state index contributed by atoms with van der Waals surface area (Å²) in [5.41, 5.74) is 0.366. The number of thiazole rings is 1. The molecule has 2 heterocycles. The van der Waals surface area contributed by atoms with Gasteiger partial charge < -0.3 is 14.0 Å². The molecule has 0 radical (unpaired) electrons. The molecule has 1 aromatic carbocycles. The van der Waals surface area contributed by atoms with Crippen LogP contribution in [0.3, 0.4) is 0 Å². The molecule has 3 rings (SSSR count). The summed E-state index contributed by atoms with van der Waals surface area (Å²) in [6.07, 6.45) is 4.20. The van der Waals surface area contributed by atoms with Gasteiger partial charge in [-0.3, -0.25) is 4.79 Å². The zero-order valence-corrected chi connectivity index (χ0v) is 18.4. The predicted molar refractivity (Wildman–Crippen MR) is 112 cm³/mol. The predicted octanol–water partition coefficient (Wildman–Crippen LogP) is 4.68. The van der Waals surface area contributed by atoms with Crippen molar-refractivity contribution < 1.29 is 14.3 Å². The van der Waals surface area contributed by atoms with E-state index < -0.39 is 0 Å². The zero-order valence-electron chi connectivity index (χ0n) is 16.8. The van der Waals surface area contributed by atoms with Crippen molar-refractivity contribution in [1.29, 1.82) is 0 Å². The molecule has 1 aliphatic rings. The maximum atomic E-state index is 12.9. The van der Waals surface area contributed by atoms with Crippen LogP contribution in [0.1, 0.15) is 48.8 Å². The van der Waals surface area contributed by atoms with Crippen molar-refractivity contribution in [3.63, 3.8) is 0 Å². The Balaban J connectivity index is 2.00. The highest BCUT2D eigenvalue weighted by molar-refractivity contribution is 7.09. The SMILES string of the molecule is COc1ccc(Cl)cc1C(=O)/N=c1\sc(C(C)(C)C)cn1CC1CCOCC1. The van der Waals surface area contributed by atoms with Crippen molar-refractivity contribution in [3.05, 3.63) is 44.7 Å². The Morgan fingerprint density at radius 2 is 2.07 bits per heavy atom. The van der Waals surface area contributed by atoms with Crippen molar-refractivity contribution in [2.24, 2.45) is 10.9 Å². The van der Waals surface area contributed by atoms with E-state index in [0.29, 0.717) is 27.1 Å². The molecule has 0 spiro atoms. The molecular weight excluding hydrogens is 396 g/mol. The minimum atomic E-state index is -0.345. The van der Waals surface area contributed by atoms with Gasteiger partial charge in [0.1, 0.15) is 5.75 Å². The van der Waals surface area contributed by atoms with Crippen LogP contribution in [-0.2, 0) is 16.7 Å². The van der Waals surface area contributed by atoms with E-state index in [1.807, 2.05) is 0 Å². The molecule has 152 valence electrons. The molecule has 0 bridgehead atoms. The minimum absolute atomic E-state index is 0.00729. The van der Waals surface area contributed by atoms with Crippen molar-refractivity contribution in [2.45, 2.75) is 45.6 Å². The van der Waals surface area contributed by atoms with Gasteiger partial charge in [0, 0.05) is 35.9 Å². The summed E-state index contributed by atoms with van der Waals surface area (Å²) in [5.74, 6) is 0.662. The lowest BCUT2D eigenvalue weighted by atomic mass is 9.95. The Bertz CT molecular complexity index is 905. The van der Waals surface area contributed by atoms with Gasteiger partial charge >= 0.3 is 0 Å². The minimum Gasteiger partial charge on any atom is -0.496 e. The Hall–Kier alpha value is -1.63. The van der Waals surface area contributed by atoms with Crippen LogP contribution in [0.5, 0.6) is 5.75 Å². The van der Waals surface area contributed by atoms with Crippen molar-refractivity contribution in [1.82, 2.24) is 4.57 Å². The molecule has 0 unspecified atom stereocenters. The van der Waals surface area contributed by atoms with E-state index in [1.54, 1.807) is 29.5 Å². The maximum Gasteiger partial charge on any atom is 0.283 e. The number of amides is 1. The molecule has 1 saturated heterocycles. The van der Waals surface area contributed by atoms with Gasteiger partial charge in [0.25, 0.3) is 5.91 Å². The Morgan fingerprint density at radius 3 is 2.71 bits per heavy atom. The van der Waals surface area contributed by atoms with Gasteiger partial charge in [-0.05, 0) is 42.4 Å². The summed E-state index contributed by atoms with van der Waals surface area (Å²) in [4.78, 5) is 19.3. The summed E-state index contributed by atoms with van der Waals surface area (Å²) in [5, 5.41) is 0.482. The topological polar surface area (TPSA) is 52.8 Å². The van der Waals surface area contributed by atoms with Crippen LogP contribution < -0.4 is 9.54 Å². The third kappa shape index (κ3) is 5.04. The molecule has 1 aliphatic heterocycles. The first-order valence-corrected chi connectivity index (χ1v) is 10.7. The van der Waals surface area contributed by atoms with Gasteiger partial charge in [-0.1, -0.05) is 32.4 Å². The molecule has 1 aromatic heterocycles. The molecule has 2 aromatic rings. The summed E-state index contributed by atoms with van der Waals surface area (Å²) in [6, 6.07) is 4.99. The van der Waals surface area contributed by atoms with Crippen molar-refractivity contribution >= 4 is 28.8 Å². The molecule has 1 fully saturated rings. The monoisotopic (exact) mass is 422 g/mol. The van der Waals surface area contributed by atoms with Crippen molar-refractivity contribution in [3.8, 4) is 5.75 Å².